The molecule has 0 atom stereocenters. The fourth-order valence-electron chi connectivity index (χ4n) is 4.29. The monoisotopic (exact) mass is 385 g/mol. The molecule has 0 N–H and O–H groups in total. The van der Waals surface area contributed by atoms with Gasteiger partial charge in [0.1, 0.15) is 5.82 Å². The zero-order valence-corrected chi connectivity index (χ0v) is 16.5. The molecular formula is C22H23N7. The Labute approximate surface area is 170 Å². The van der Waals surface area contributed by atoms with Gasteiger partial charge in [-0.05, 0) is 38.0 Å². The molecule has 3 aromatic heterocycles. The van der Waals surface area contributed by atoms with E-state index < -0.39 is 0 Å². The number of anilines is 2. The Kier molecular flexibility index (Phi) is 4.47. The summed E-state index contributed by atoms with van der Waals surface area (Å²) in [5.74, 6) is 2.51. The molecule has 0 radical (unpaired) electrons. The molecule has 2 fully saturated rings. The SMILES string of the molecule is Cc1nccc2nc(N3CC(c4nccnc4N4CCC(C#N)CC4)C3)ccc12. The van der Waals surface area contributed by atoms with E-state index in [9.17, 15) is 0 Å². The highest BCUT2D eigenvalue weighted by molar-refractivity contribution is 5.82. The maximum Gasteiger partial charge on any atom is 0.150 e. The van der Waals surface area contributed by atoms with Gasteiger partial charge in [-0.3, -0.25) is 9.97 Å². The van der Waals surface area contributed by atoms with Gasteiger partial charge < -0.3 is 9.80 Å². The number of hydrogen-bond acceptors (Lipinski definition) is 7. The largest absolute Gasteiger partial charge is 0.355 e. The third kappa shape index (κ3) is 3.25. The van der Waals surface area contributed by atoms with Crippen molar-refractivity contribution < 1.29 is 0 Å². The molecule has 0 saturated carbocycles. The van der Waals surface area contributed by atoms with Gasteiger partial charge in [0.2, 0.25) is 0 Å². The predicted octanol–water partition coefficient (Wildman–Crippen LogP) is 3.07. The van der Waals surface area contributed by atoms with E-state index in [1.54, 1.807) is 12.4 Å². The van der Waals surface area contributed by atoms with Crippen molar-refractivity contribution in [3.05, 3.63) is 48.2 Å². The van der Waals surface area contributed by atoms with Gasteiger partial charge in [-0.1, -0.05) is 0 Å². The average Bonchev–Trinajstić information content (AvgIpc) is 2.73. The van der Waals surface area contributed by atoms with Crippen LogP contribution in [0.1, 0.15) is 30.1 Å². The summed E-state index contributed by atoms with van der Waals surface area (Å²) < 4.78 is 0. The number of rotatable bonds is 3. The van der Waals surface area contributed by atoms with Crippen molar-refractivity contribution in [2.24, 2.45) is 5.92 Å². The fourth-order valence-corrected chi connectivity index (χ4v) is 4.29. The van der Waals surface area contributed by atoms with Crippen molar-refractivity contribution in [3.8, 4) is 6.07 Å². The van der Waals surface area contributed by atoms with Gasteiger partial charge in [0, 0.05) is 67.7 Å². The zero-order chi connectivity index (χ0) is 19.8. The molecule has 0 spiro atoms. The van der Waals surface area contributed by atoms with Gasteiger partial charge in [0.25, 0.3) is 0 Å². The molecule has 5 heterocycles. The number of aromatic nitrogens is 4. The second-order valence-electron chi connectivity index (χ2n) is 7.89. The van der Waals surface area contributed by atoms with E-state index in [2.05, 4.69) is 43.0 Å². The lowest BCUT2D eigenvalue weighted by Gasteiger charge is -2.41. The smallest absolute Gasteiger partial charge is 0.150 e. The Morgan fingerprint density at radius 3 is 2.55 bits per heavy atom. The molecule has 0 amide bonds. The summed E-state index contributed by atoms with van der Waals surface area (Å²) in [6, 6.07) is 8.55. The summed E-state index contributed by atoms with van der Waals surface area (Å²) in [7, 11) is 0. The number of nitrogens with zero attached hydrogens (tertiary/aromatic N) is 7. The van der Waals surface area contributed by atoms with Gasteiger partial charge in [-0.2, -0.15) is 5.26 Å². The van der Waals surface area contributed by atoms with E-state index in [0.717, 1.165) is 72.9 Å². The highest BCUT2D eigenvalue weighted by Gasteiger charge is 2.34. The molecule has 0 unspecified atom stereocenters. The third-order valence-corrected chi connectivity index (χ3v) is 6.08. The van der Waals surface area contributed by atoms with Crippen LogP contribution in [-0.4, -0.2) is 46.1 Å². The number of fused-ring (bicyclic) bond motifs is 1. The second kappa shape index (κ2) is 7.28. The normalized spacial score (nSPS) is 17.9. The van der Waals surface area contributed by atoms with Crippen LogP contribution in [0, 0.1) is 24.2 Å². The van der Waals surface area contributed by atoms with Crippen LogP contribution in [0.15, 0.2) is 36.8 Å². The first-order valence-electron chi connectivity index (χ1n) is 10.2. The molecule has 7 nitrogen and oxygen atoms in total. The van der Waals surface area contributed by atoms with E-state index in [4.69, 9.17) is 10.2 Å². The molecular weight excluding hydrogens is 362 g/mol. The van der Waals surface area contributed by atoms with Crippen molar-refractivity contribution in [1.82, 2.24) is 19.9 Å². The number of nitriles is 1. The van der Waals surface area contributed by atoms with Crippen LogP contribution in [0.25, 0.3) is 10.9 Å². The predicted molar refractivity (Wildman–Crippen MR) is 112 cm³/mol. The third-order valence-electron chi connectivity index (χ3n) is 6.08. The van der Waals surface area contributed by atoms with Crippen LogP contribution in [0.4, 0.5) is 11.6 Å². The van der Waals surface area contributed by atoms with Crippen molar-refractivity contribution in [3.63, 3.8) is 0 Å². The van der Waals surface area contributed by atoms with Gasteiger partial charge >= 0.3 is 0 Å². The summed E-state index contributed by atoms with van der Waals surface area (Å²) in [6.07, 6.45) is 7.17. The maximum atomic E-state index is 9.15. The number of aryl methyl sites for hydroxylation is 1. The molecule has 7 heteroatoms. The lowest BCUT2D eigenvalue weighted by atomic mass is 9.94. The Balaban J connectivity index is 1.32. The summed E-state index contributed by atoms with van der Waals surface area (Å²) in [4.78, 5) is 23.1. The maximum absolute atomic E-state index is 9.15. The molecule has 29 heavy (non-hydrogen) atoms. The van der Waals surface area contributed by atoms with E-state index in [1.165, 1.54) is 0 Å². The Morgan fingerprint density at radius 2 is 1.76 bits per heavy atom. The number of hydrogen-bond donors (Lipinski definition) is 0. The molecule has 5 rings (SSSR count). The standard InChI is InChI=1S/C22H23N7/c1-15-18-2-3-20(27-19(18)4-7-24-15)29-13-17(14-29)21-22(26-9-8-25-21)28-10-5-16(12-23)6-11-28/h2-4,7-9,16-17H,5-6,10-11,13-14H2,1H3. The van der Waals surface area contributed by atoms with Crippen LogP contribution >= 0.6 is 0 Å². The van der Waals surface area contributed by atoms with Crippen LogP contribution in [0.3, 0.4) is 0 Å². The Morgan fingerprint density at radius 1 is 0.966 bits per heavy atom. The average molecular weight is 385 g/mol. The molecule has 2 aliphatic rings. The van der Waals surface area contributed by atoms with Crippen LogP contribution in [-0.2, 0) is 0 Å². The molecule has 0 aromatic carbocycles. The van der Waals surface area contributed by atoms with Crippen molar-refractivity contribution in [2.75, 3.05) is 36.0 Å². The van der Waals surface area contributed by atoms with E-state index in [1.807, 2.05) is 19.2 Å². The molecule has 0 bridgehead atoms. The lowest BCUT2D eigenvalue weighted by Crippen LogP contribution is -2.47. The van der Waals surface area contributed by atoms with Crippen molar-refractivity contribution in [2.45, 2.75) is 25.7 Å². The van der Waals surface area contributed by atoms with Gasteiger partial charge in [0.15, 0.2) is 5.82 Å². The van der Waals surface area contributed by atoms with Gasteiger partial charge in [-0.25, -0.2) is 9.97 Å². The van der Waals surface area contributed by atoms with Crippen molar-refractivity contribution >= 4 is 22.5 Å². The minimum Gasteiger partial charge on any atom is -0.355 e. The van der Waals surface area contributed by atoms with E-state index >= 15 is 0 Å². The lowest BCUT2D eigenvalue weighted by molar-refractivity contribution is 0.473. The minimum atomic E-state index is 0.170. The number of pyridine rings is 2. The molecule has 2 aliphatic heterocycles. The summed E-state index contributed by atoms with van der Waals surface area (Å²) in [6.45, 7) is 5.55. The van der Waals surface area contributed by atoms with E-state index in [0.29, 0.717) is 5.92 Å². The quantitative estimate of drug-likeness (QED) is 0.685. The van der Waals surface area contributed by atoms with Crippen LogP contribution in [0.5, 0.6) is 0 Å². The molecule has 3 aromatic rings. The topological polar surface area (TPSA) is 81.8 Å². The van der Waals surface area contributed by atoms with Gasteiger partial charge in [0.05, 0.1) is 17.3 Å². The molecule has 0 aliphatic carbocycles. The summed E-state index contributed by atoms with van der Waals surface area (Å²) >= 11 is 0. The highest BCUT2D eigenvalue weighted by atomic mass is 15.3. The Bertz CT molecular complexity index is 1080. The zero-order valence-electron chi connectivity index (χ0n) is 16.5. The summed E-state index contributed by atoms with van der Waals surface area (Å²) in [5, 5.41) is 10.2. The van der Waals surface area contributed by atoms with E-state index in [-0.39, 0.29) is 5.92 Å². The molecule has 2 saturated heterocycles. The van der Waals surface area contributed by atoms with Crippen LogP contribution in [0.2, 0.25) is 0 Å². The first-order valence-corrected chi connectivity index (χ1v) is 10.2. The van der Waals surface area contributed by atoms with Crippen molar-refractivity contribution in [1.29, 1.82) is 5.26 Å². The second-order valence-corrected chi connectivity index (χ2v) is 7.89. The van der Waals surface area contributed by atoms with Crippen LogP contribution < -0.4 is 9.80 Å². The Hall–Kier alpha value is -3.27. The summed E-state index contributed by atoms with van der Waals surface area (Å²) in [5.41, 5.74) is 3.06. The first-order chi connectivity index (χ1) is 14.2. The first kappa shape index (κ1) is 17.8. The minimum absolute atomic E-state index is 0.170. The fraction of sp³-hybridized carbons (Fsp3) is 0.409. The van der Waals surface area contributed by atoms with Gasteiger partial charge in [-0.15, -0.1) is 0 Å². The molecule has 146 valence electrons. The highest BCUT2D eigenvalue weighted by Crippen LogP contribution is 2.35. The number of piperidine rings is 1.